The summed E-state index contributed by atoms with van der Waals surface area (Å²) in [5.41, 5.74) is 4.41. The van der Waals surface area contributed by atoms with E-state index in [2.05, 4.69) is 15.3 Å². The summed E-state index contributed by atoms with van der Waals surface area (Å²) in [5.74, 6) is 0. The van der Waals surface area contributed by atoms with E-state index in [-0.39, 0.29) is 11.4 Å². The number of anilines is 2. The molecule has 3 N–H and O–H groups in total. The molecule has 2 aromatic rings. The zero-order valence-electron chi connectivity index (χ0n) is 10.8. The number of halogens is 3. The van der Waals surface area contributed by atoms with Crippen molar-refractivity contribution >= 4 is 22.7 Å². The molecule has 0 bridgehead atoms. The smallest absolute Gasteiger partial charge is 0.396 e. The predicted octanol–water partition coefficient (Wildman–Crippen LogP) is 3.49. The highest BCUT2D eigenvalue weighted by molar-refractivity contribution is 7.09. The predicted molar refractivity (Wildman–Crippen MR) is 72.4 cm³/mol. The maximum Gasteiger partial charge on any atom is 0.433 e. The molecule has 0 radical (unpaired) electrons. The van der Waals surface area contributed by atoms with Gasteiger partial charge < -0.3 is 11.1 Å². The van der Waals surface area contributed by atoms with Gasteiger partial charge in [0.25, 0.3) is 0 Å². The van der Waals surface area contributed by atoms with Gasteiger partial charge in [0, 0.05) is 11.6 Å². The molecule has 0 fully saturated rings. The van der Waals surface area contributed by atoms with Crippen LogP contribution in [0.5, 0.6) is 0 Å². The number of nitrogens with two attached hydrogens (primary N) is 1. The Morgan fingerprint density at radius 3 is 2.50 bits per heavy atom. The van der Waals surface area contributed by atoms with Crippen LogP contribution in [-0.2, 0) is 11.7 Å². The Morgan fingerprint density at radius 2 is 1.95 bits per heavy atom. The number of alkyl halides is 3. The molecule has 0 spiro atoms. The minimum absolute atomic E-state index is 0.155. The van der Waals surface area contributed by atoms with Gasteiger partial charge in [-0.3, -0.25) is 0 Å². The van der Waals surface area contributed by atoms with E-state index < -0.39 is 17.4 Å². The summed E-state index contributed by atoms with van der Waals surface area (Å²) >= 11 is 1.41. The number of hydrogen-bond donors (Lipinski definition) is 2. The lowest BCUT2D eigenvalue weighted by Gasteiger charge is -2.26. The summed E-state index contributed by atoms with van der Waals surface area (Å²) in [7, 11) is 0. The minimum Gasteiger partial charge on any atom is -0.396 e. The van der Waals surface area contributed by atoms with Crippen LogP contribution < -0.4 is 11.1 Å². The van der Waals surface area contributed by atoms with Crippen LogP contribution in [0.4, 0.5) is 24.5 Å². The van der Waals surface area contributed by atoms with E-state index in [1.165, 1.54) is 11.3 Å². The molecule has 0 amide bonds. The second-order valence-corrected chi connectivity index (χ2v) is 5.64. The average Bonchev–Trinajstić information content (AvgIpc) is 2.84. The molecular weight excluding hydrogens is 289 g/mol. The Balaban J connectivity index is 2.34. The van der Waals surface area contributed by atoms with Gasteiger partial charge in [-0.25, -0.2) is 9.97 Å². The Hall–Kier alpha value is -1.83. The third kappa shape index (κ3) is 3.01. The first-order chi connectivity index (χ1) is 9.20. The molecule has 2 heterocycles. The zero-order valence-corrected chi connectivity index (χ0v) is 11.6. The molecule has 0 saturated carbocycles. The summed E-state index contributed by atoms with van der Waals surface area (Å²) < 4.78 is 38.0. The van der Waals surface area contributed by atoms with E-state index in [4.69, 9.17) is 5.73 Å². The Bertz CT molecular complexity index is 593. The van der Waals surface area contributed by atoms with Crippen molar-refractivity contribution in [3.8, 4) is 0 Å². The van der Waals surface area contributed by atoms with Crippen molar-refractivity contribution in [1.82, 2.24) is 9.97 Å². The molecule has 108 valence electrons. The van der Waals surface area contributed by atoms with E-state index in [0.29, 0.717) is 0 Å². The molecular formula is C12H13F3N4S. The van der Waals surface area contributed by atoms with Crippen molar-refractivity contribution in [1.29, 1.82) is 0 Å². The molecule has 0 aliphatic rings. The number of nitrogen functional groups attached to an aromatic ring is 1. The maximum absolute atomic E-state index is 12.7. The van der Waals surface area contributed by atoms with Gasteiger partial charge >= 0.3 is 6.18 Å². The first kappa shape index (κ1) is 14.6. The third-order valence-electron chi connectivity index (χ3n) is 2.64. The summed E-state index contributed by atoms with van der Waals surface area (Å²) in [6.07, 6.45) is -1.86. The number of pyridine rings is 1. The molecule has 0 aliphatic carbocycles. The van der Waals surface area contributed by atoms with Gasteiger partial charge in [-0.2, -0.15) is 13.2 Å². The molecule has 0 unspecified atom stereocenters. The fraction of sp³-hybridized carbons (Fsp3) is 0.333. The lowest BCUT2D eigenvalue weighted by atomic mass is 10.1. The highest BCUT2D eigenvalue weighted by Gasteiger charge is 2.33. The minimum atomic E-state index is -4.50. The lowest BCUT2D eigenvalue weighted by molar-refractivity contribution is -0.141. The zero-order chi connectivity index (χ0) is 15.0. The van der Waals surface area contributed by atoms with Gasteiger partial charge in [0.05, 0.1) is 23.1 Å². The topological polar surface area (TPSA) is 63.8 Å². The Labute approximate surface area is 117 Å². The quantitative estimate of drug-likeness (QED) is 0.911. The largest absolute Gasteiger partial charge is 0.433 e. The Morgan fingerprint density at radius 1 is 1.25 bits per heavy atom. The van der Waals surface area contributed by atoms with Gasteiger partial charge in [-0.15, -0.1) is 11.3 Å². The summed E-state index contributed by atoms with van der Waals surface area (Å²) in [4.78, 5) is 7.46. The van der Waals surface area contributed by atoms with Crippen LogP contribution in [0.3, 0.4) is 0 Å². The summed E-state index contributed by atoms with van der Waals surface area (Å²) in [6.45, 7) is 3.64. The molecule has 20 heavy (non-hydrogen) atoms. The van der Waals surface area contributed by atoms with Gasteiger partial charge in [-0.1, -0.05) is 0 Å². The van der Waals surface area contributed by atoms with Crippen LogP contribution in [0.25, 0.3) is 0 Å². The molecule has 4 nitrogen and oxygen atoms in total. The first-order valence-electron chi connectivity index (χ1n) is 5.71. The second-order valence-electron chi connectivity index (χ2n) is 4.74. The van der Waals surface area contributed by atoms with Gasteiger partial charge in [0.15, 0.2) is 0 Å². The molecule has 2 rings (SSSR count). The van der Waals surface area contributed by atoms with Crippen LogP contribution in [0.2, 0.25) is 0 Å². The number of thiazole rings is 1. The van der Waals surface area contributed by atoms with Crippen LogP contribution in [0.15, 0.2) is 23.8 Å². The molecule has 0 atom stereocenters. The van der Waals surface area contributed by atoms with Crippen LogP contribution >= 0.6 is 11.3 Å². The molecule has 0 aromatic carbocycles. The van der Waals surface area contributed by atoms with Gasteiger partial charge in [0.2, 0.25) is 0 Å². The second kappa shape index (κ2) is 4.93. The first-order valence-corrected chi connectivity index (χ1v) is 6.59. The lowest BCUT2D eigenvalue weighted by Crippen LogP contribution is -2.28. The summed E-state index contributed by atoms with van der Waals surface area (Å²) in [5, 5.41) is 5.54. The van der Waals surface area contributed by atoms with Crippen LogP contribution in [0, 0.1) is 0 Å². The fourth-order valence-corrected chi connectivity index (χ4v) is 2.37. The van der Waals surface area contributed by atoms with Crippen molar-refractivity contribution in [2.45, 2.75) is 25.6 Å². The van der Waals surface area contributed by atoms with Crippen molar-refractivity contribution in [2.75, 3.05) is 11.1 Å². The molecule has 8 heteroatoms. The third-order valence-corrected chi connectivity index (χ3v) is 3.74. The normalized spacial score (nSPS) is 12.4. The van der Waals surface area contributed by atoms with Crippen LogP contribution in [-0.4, -0.2) is 9.97 Å². The van der Waals surface area contributed by atoms with Gasteiger partial charge in [0.1, 0.15) is 10.7 Å². The van der Waals surface area contributed by atoms with E-state index in [0.717, 1.165) is 17.3 Å². The standard InChI is InChI=1S/C12H13F3N4S/c1-11(2,10-17-3-4-20-10)19-8-5-9(12(13,14)15)18-6-7(8)16/h3-6H,16H2,1-2H3,(H,18,19). The molecule has 0 aliphatic heterocycles. The van der Waals surface area contributed by atoms with E-state index >= 15 is 0 Å². The number of hydrogen-bond acceptors (Lipinski definition) is 5. The van der Waals surface area contributed by atoms with Gasteiger partial charge in [-0.05, 0) is 19.9 Å². The Kier molecular flexibility index (Phi) is 3.59. The highest BCUT2D eigenvalue weighted by Crippen LogP contribution is 2.34. The number of rotatable bonds is 3. The molecule has 0 saturated heterocycles. The van der Waals surface area contributed by atoms with Crippen LogP contribution in [0.1, 0.15) is 24.5 Å². The average molecular weight is 302 g/mol. The monoisotopic (exact) mass is 302 g/mol. The fourth-order valence-electron chi connectivity index (χ4n) is 1.65. The number of nitrogens with one attached hydrogen (secondary N) is 1. The number of nitrogens with zero attached hydrogens (tertiary/aromatic N) is 2. The van der Waals surface area contributed by atoms with Crippen molar-refractivity contribution in [2.24, 2.45) is 0 Å². The summed E-state index contributed by atoms with van der Waals surface area (Å²) in [6, 6.07) is 0.907. The van der Waals surface area contributed by atoms with Crippen molar-refractivity contribution in [3.05, 3.63) is 34.5 Å². The number of aromatic nitrogens is 2. The maximum atomic E-state index is 12.7. The molecule has 2 aromatic heterocycles. The highest BCUT2D eigenvalue weighted by atomic mass is 32.1. The van der Waals surface area contributed by atoms with Crippen molar-refractivity contribution in [3.63, 3.8) is 0 Å². The van der Waals surface area contributed by atoms with Crippen molar-refractivity contribution < 1.29 is 13.2 Å². The van der Waals surface area contributed by atoms with E-state index in [1.54, 1.807) is 11.6 Å². The van der Waals surface area contributed by atoms with E-state index in [9.17, 15) is 13.2 Å². The SMILES string of the molecule is CC(C)(Nc1cc(C(F)(F)F)ncc1N)c1nccs1. The van der Waals surface area contributed by atoms with E-state index in [1.807, 2.05) is 13.8 Å².